The Bertz CT molecular complexity index is 1390. The van der Waals surface area contributed by atoms with Crippen LogP contribution in [-0.2, 0) is 17.7 Å². The summed E-state index contributed by atoms with van der Waals surface area (Å²) in [4.78, 5) is 28.0. The average molecular weight is 505 g/mol. The van der Waals surface area contributed by atoms with E-state index in [9.17, 15) is 5.11 Å². The lowest BCUT2D eigenvalue weighted by Crippen LogP contribution is -2.41. The van der Waals surface area contributed by atoms with Crippen molar-refractivity contribution in [3.8, 4) is 5.95 Å². The lowest BCUT2D eigenvalue weighted by molar-refractivity contribution is -0.0138. The Kier molecular flexibility index (Phi) is 6.34. The molecule has 6 rings (SSSR count). The van der Waals surface area contributed by atoms with E-state index in [2.05, 4.69) is 32.3 Å². The maximum atomic E-state index is 10.4. The molecule has 2 fully saturated rings. The molecule has 2 aliphatic heterocycles. The zero-order valence-electron chi connectivity index (χ0n) is 21.9. The number of ether oxygens (including phenoxy) is 1. The van der Waals surface area contributed by atoms with Gasteiger partial charge in [0.05, 0.1) is 36.4 Å². The number of para-hydroxylation sites is 2. The maximum absolute atomic E-state index is 10.4. The van der Waals surface area contributed by atoms with Crippen LogP contribution in [0.5, 0.6) is 0 Å². The quantitative estimate of drug-likeness (QED) is 0.413. The standard InChI is InChI=1S/C27H36N8O2/c1-4-22-28-19-7-5-6-8-20(19)35(22)26-31-24-23(25(32-26)34-13-15-37-16-14-34)29-21(30-24)17-33-11-9-18(10-12-33)27(2,3)36/h5-8,18,36H,4,9-17H2,1-3H3,(H,29,30,31,32). The molecule has 0 radical (unpaired) electrons. The smallest absolute Gasteiger partial charge is 0.239 e. The summed E-state index contributed by atoms with van der Waals surface area (Å²) < 4.78 is 7.68. The van der Waals surface area contributed by atoms with Gasteiger partial charge in [0.1, 0.15) is 17.2 Å². The number of aliphatic hydroxyl groups is 1. The minimum absolute atomic E-state index is 0.332. The Morgan fingerprint density at radius 3 is 2.51 bits per heavy atom. The summed E-state index contributed by atoms with van der Waals surface area (Å²) in [6, 6.07) is 8.12. The van der Waals surface area contributed by atoms with Crippen LogP contribution in [0.3, 0.4) is 0 Å². The number of imidazole rings is 2. The number of anilines is 1. The van der Waals surface area contributed by atoms with Gasteiger partial charge < -0.3 is 19.7 Å². The van der Waals surface area contributed by atoms with Crippen LogP contribution in [0.25, 0.3) is 28.1 Å². The van der Waals surface area contributed by atoms with Gasteiger partial charge in [-0.1, -0.05) is 19.1 Å². The van der Waals surface area contributed by atoms with Crippen molar-refractivity contribution in [1.29, 1.82) is 0 Å². The van der Waals surface area contributed by atoms with E-state index in [1.165, 1.54) is 0 Å². The summed E-state index contributed by atoms with van der Waals surface area (Å²) in [6.07, 6.45) is 2.75. The third kappa shape index (κ3) is 4.69. The van der Waals surface area contributed by atoms with E-state index in [0.29, 0.717) is 30.7 Å². The van der Waals surface area contributed by atoms with Crippen LogP contribution in [0.1, 0.15) is 45.3 Å². The van der Waals surface area contributed by atoms with Crippen molar-refractivity contribution >= 4 is 28.0 Å². The van der Waals surface area contributed by atoms with Crippen molar-refractivity contribution in [2.24, 2.45) is 5.92 Å². The van der Waals surface area contributed by atoms with Gasteiger partial charge in [0.15, 0.2) is 11.5 Å². The van der Waals surface area contributed by atoms with Gasteiger partial charge in [0.25, 0.3) is 0 Å². The van der Waals surface area contributed by atoms with Crippen LogP contribution in [0.2, 0.25) is 0 Å². The molecule has 196 valence electrons. The molecule has 10 nitrogen and oxygen atoms in total. The highest BCUT2D eigenvalue weighted by molar-refractivity contribution is 5.85. The molecule has 0 bridgehead atoms. The van der Waals surface area contributed by atoms with Crippen LogP contribution in [-0.4, -0.2) is 84.5 Å². The van der Waals surface area contributed by atoms with E-state index >= 15 is 0 Å². The number of aromatic nitrogens is 6. The van der Waals surface area contributed by atoms with Gasteiger partial charge in [0, 0.05) is 19.5 Å². The Balaban J connectivity index is 1.38. The fourth-order valence-electron chi connectivity index (χ4n) is 5.64. The third-order valence-corrected chi connectivity index (χ3v) is 7.79. The highest BCUT2D eigenvalue weighted by Gasteiger charge is 2.31. The number of H-pyrrole nitrogens is 1. The fourth-order valence-corrected chi connectivity index (χ4v) is 5.64. The molecule has 2 saturated heterocycles. The molecule has 10 heteroatoms. The summed E-state index contributed by atoms with van der Waals surface area (Å²) in [5.74, 6) is 3.62. The van der Waals surface area contributed by atoms with Crippen LogP contribution in [0.4, 0.5) is 5.82 Å². The lowest BCUT2D eigenvalue weighted by Gasteiger charge is -2.37. The number of rotatable bonds is 6. The number of hydrogen-bond donors (Lipinski definition) is 2. The molecule has 0 unspecified atom stereocenters. The fraction of sp³-hybridized carbons (Fsp3) is 0.556. The second kappa shape index (κ2) is 9.66. The Morgan fingerprint density at radius 1 is 1.03 bits per heavy atom. The Labute approximate surface area is 216 Å². The molecular formula is C27H36N8O2. The molecule has 0 saturated carbocycles. The van der Waals surface area contributed by atoms with E-state index in [-0.39, 0.29) is 0 Å². The summed E-state index contributed by atoms with van der Waals surface area (Å²) in [5, 5.41) is 10.4. The van der Waals surface area contributed by atoms with Gasteiger partial charge in [0.2, 0.25) is 5.95 Å². The van der Waals surface area contributed by atoms with Crippen molar-refractivity contribution in [2.75, 3.05) is 44.3 Å². The number of nitrogens with one attached hydrogen (secondary N) is 1. The highest BCUT2D eigenvalue weighted by atomic mass is 16.5. The predicted octanol–water partition coefficient (Wildman–Crippen LogP) is 3.07. The van der Waals surface area contributed by atoms with E-state index in [1.54, 1.807) is 0 Å². The number of piperidine rings is 1. The molecule has 1 aromatic carbocycles. The molecule has 0 atom stereocenters. The van der Waals surface area contributed by atoms with Gasteiger partial charge in [-0.3, -0.25) is 9.47 Å². The number of aryl methyl sites for hydroxylation is 1. The summed E-state index contributed by atoms with van der Waals surface area (Å²) in [7, 11) is 0. The molecule has 5 heterocycles. The largest absolute Gasteiger partial charge is 0.390 e. The van der Waals surface area contributed by atoms with Crippen molar-refractivity contribution < 1.29 is 9.84 Å². The monoisotopic (exact) mass is 504 g/mol. The minimum atomic E-state index is -0.626. The van der Waals surface area contributed by atoms with E-state index in [1.807, 2.05) is 32.0 Å². The Morgan fingerprint density at radius 2 is 1.78 bits per heavy atom. The molecule has 2 N–H and O–H groups in total. The van der Waals surface area contributed by atoms with Gasteiger partial charge >= 0.3 is 0 Å². The Hall–Kier alpha value is -3.08. The van der Waals surface area contributed by atoms with Gasteiger partial charge in [-0.25, -0.2) is 9.97 Å². The number of nitrogens with zero attached hydrogens (tertiary/aromatic N) is 7. The summed E-state index contributed by atoms with van der Waals surface area (Å²) in [6.45, 7) is 11.4. The molecule has 2 aliphatic rings. The first kappa shape index (κ1) is 24.3. The first-order valence-corrected chi connectivity index (χ1v) is 13.4. The molecule has 4 aromatic rings. The first-order chi connectivity index (χ1) is 17.9. The molecule has 3 aromatic heterocycles. The normalized spacial score (nSPS) is 18.3. The third-order valence-electron chi connectivity index (χ3n) is 7.79. The number of morpholine rings is 1. The second-order valence-electron chi connectivity index (χ2n) is 10.7. The van der Waals surface area contributed by atoms with Crippen LogP contribution in [0, 0.1) is 5.92 Å². The molecule has 0 spiro atoms. The van der Waals surface area contributed by atoms with Crippen LogP contribution >= 0.6 is 0 Å². The SMILES string of the molecule is CCc1nc2ccccc2n1-c1nc(N2CCOCC2)c2[nH]c(CN3CCC(C(C)(C)O)CC3)nc2n1. The molecule has 0 aliphatic carbocycles. The molecule has 0 amide bonds. The number of likely N-dealkylation sites (tertiary alicyclic amines) is 1. The first-order valence-electron chi connectivity index (χ1n) is 13.4. The van der Waals surface area contributed by atoms with Gasteiger partial charge in [-0.15, -0.1) is 0 Å². The van der Waals surface area contributed by atoms with Crippen LogP contribution in [0.15, 0.2) is 24.3 Å². The zero-order chi connectivity index (χ0) is 25.6. The highest BCUT2D eigenvalue weighted by Crippen LogP contribution is 2.30. The van der Waals surface area contributed by atoms with Gasteiger partial charge in [-0.05, 0) is 57.8 Å². The lowest BCUT2D eigenvalue weighted by atomic mass is 9.83. The summed E-state index contributed by atoms with van der Waals surface area (Å²) in [5.41, 5.74) is 2.85. The molecule has 37 heavy (non-hydrogen) atoms. The number of benzene rings is 1. The zero-order valence-corrected chi connectivity index (χ0v) is 21.9. The van der Waals surface area contributed by atoms with Crippen LogP contribution < -0.4 is 4.90 Å². The average Bonchev–Trinajstić information content (AvgIpc) is 3.49. The van der Waals surface area contributed by atoms with Crippen molar-refractivity contribution in [2.45, 2.75) is 52.2 Å². The van der Waals surface area contributed by atoms with Gasteiger partial charge in [-0.2, -0.15) is 9.97 Å². The topological polar surface area (TPSA) is 108 Å². The van der Waals surface area contributed by atoms with E-state index < -0.39 is 5.60 Å². The number of hydrogen-bond acceptors (Lipinski definition) is 8. The maximum Gasteiger partial charge on any atom is 0.239 e. The van der Waals surface area contributed by atoms with Crippen molar-refractivity contribution in [3.05, 3.63) is 35.9 Å². The van der Waals surface area contributed by atoms with E-state index in [4.69, 9.17) is 24.7 Å². The van der Waals surface area contributed by atoms with Crippen molar-refractivity contribution in [3.63, 3.8) is 0 Å². The summed E-state index contributed by atoms with van der Waals surface area (Å²) >= 11 is 0. The van der Waals surface area contributed by atoms with E-state index in [0.717, 1.165) is 86.0 Å². The second-order valence-corrected chi connectivity index (χ2v) is 10.7. The predicted molar refractivity (Wildman–Crippen MR) is 143 cm³/mol. The number of aromatic amines is 1. The minimum Gasteiger partial charge on any atom is -0.390 e. The van der Waals surface area contributed by atoms with Crippen molar-refractivity contribution in [1.82, 2.24) is 34.4 Å². The molecular weight excluding hydrogens is 468 g/mol. The number of fused-ring (bicyclic) bond motifs is 2.